The highest BCUT2D eigenvalue weighted by atomic mass is 16.5. The molecule has 0 saturated carbocycles. The highest BCUT2D eigenvalue weighted by molar-refractivity contribution is 5.50. The molecule has 0 radical (unpaired) electrons. The van der Waals surface area contributed by atoms with E-state index in [9.17, 15) is 0 Å². The summed E-state index contributed by atoms with van der Waals surface area (Å²) in [4.78, 5) is 0. The van der Waals surface area contributed by atoms with Gasteiger partial charge in [-0.15, -0.1) is 0 Å². The van der Waals surface area contributed by atoms with E-state index in [0.29, 0.717) is 11.6 Å². The fraction of sp³-hybridized carbons (Fsp3) is 0.357. The van der Waals surface area contributed by atoms with Crippen LogP contribution < -0.4 is 5.73 Å². The van der Waals surface area contributed by atoms with Gasteiger partial charge in [0, 0.05) is 5.92 Å². The Kier molecular flexibility index (Phi) is 2.39. The summed E-state index contributed by atoms with van der Waals surface area (Å²) in [6.45, 7) is 2.16. The van der Waals surface area contributed by atoms with Crippen molar-refractivity contribution in [2.45, 2.75) is 32.1 Å². The van der Waals surface area contributed by atoms with Crippen LogP contribution in [-0.4, -0.2) is 5.16 Å². The molecule has 1 atom stereocenters. The number of hydrogen-bond acceptors (Lipinski definition) is 3. The van der Waals surface area contributed by atoms with Crippen molar-refractivity contribution in [3.05, 3.63) is 46.8 Å². The Balaban J connectivity index is 2.14. The van der Waals surface area contributed by atoms with Gasteiger partial charge < -0.3 is 10.3 Å². The second-order valence-electron chi connectivity index (χ2n) is 4.75. The predicted octanol–water partition coefficient (Wildman–Crippen LogP) is 3.03. The first-order valence-corrected chi connectivity index (χ1v) is 6.05. The Labute approximate surface area is 101 Å². The van der Waals surface area contributed by atoms with Gasteiger partial charge in [0.15, 0.2) is 0 Å². The summed E-state index contributed by atoms with van der Waals surface area (Å²) in [5.41, 5.74) is 11.7. The lowest BCUT2D eigenvalue weighted by molar-refractivity contribution is 0.404. The molecule has 0 aliphatic heterocycles. The molecule has 3 heteroatoms. The normalized spacial score (nSPS) is 19.0. The van der Waals surface area contributed by atoms with E-state index >= 15 is 0 Å². The lowest BCUT2D eigenvalue weighted by atomic mass is 9.78. The minimum atomic E-state index is 0.304. The first-order valence-electron chi connectivity index (χ1n) is 6.05. The van der Waals surface area contributed by atoms with E-state index in [4.69, 9.17) is 10.3 Å². The molecule has 1 heterocycles. The van der Waals surface area contributed by atoms with Crippen LogP contribution in [0.4, 0.5) is 5.69 Å². The summed E-state index contributed by atoms with van der Waals surface area (Å²) in [7, 11) is 0. The zero-order valence-corrected chi connectivity index (χ0v) is 9.94. The molecule has 1 aliphatic carbocycles. The van der Waals surface area contributed by atoms with Crippen molar-refractivity contribution in [2.75, 3.05) is 5.73 Å². The van der Waals surface area contributed by atoms with Crippen LogP contribution >= 0.6 is 0 Å². The first-order chi connectivity index (χ1) is 8.27. The summed E-state index contributed by atoms with van der Waals surface area (Å²) in [6.07, 6.45) is 4.98. The van der Waals surface area contributed by atoms with Crippen molar-refractivity contribution in [3.8, 4) is 0 Å². The van der Waals surface area contributed by atoms with Crippen LogP contribution in [0, 0.1) is 6.92 Å². The van der Waals surface area contributed by atoms with Gasteiger partial charge in [-0.25, -0.2) is 0 Å². The molecule has 1 aromatic carbocycles. The summed E-state index contributed by atoms with van der Waals surface area (Å²) in [6, 6.07) is 6.50. The highest BCUT2D eigenvalue weighted by Crippen LogP contribution is 2.39. The monoisotopic (exact) mass is 228 g/mol. The molecule has 3 nitrogen and oxygen atoms in total. The van der Waals surface area contributed by atoms with Crippen LogP contribution in [0.5, 0.6) is 0 Å². The minimum absolute atomic E-state index is 0.304. The summed E-state index contributed by atoms with van der Waals surface area (Å²) in [5, 5.41) is 4.08. The summed E-state index contributed by atoms with van der Waals surface area (Å²) >= 11 is 0. The molecule has 3 rings (SSSR count). The fourth-order valence-electron chi connectivity index (χ4n) is 2.89. The largest absolute Gasteiger partial charge is 0.395 e. The summed E-state index contributed by atoms with van der Waals surface area (Å²) < 4.78 is 4.98. The van der Waals surface area contributed by atoms with Gasteiger partial charge in [-0.1, -0.05) is 23.4 Å². The zero-order valence-electron chi connectivity index (χ0n) is 9.94. The maximum Gasteiger partial charge on any atom is 0.147 e. The molecule has 17 heavy (non-hydrogen) atoms. The van der Waals surface area contributed by atoms with E-state index in [1.165, 1.54) is 29.4 Å². The van der Waals surface area contributed by atoms with Crippen LogP contribution in [0.2, 0.25) is 0 Å². The van der Waals surface area contributed by atoms with Gasteiger partial charge in [0.05, 0.1) is 5.69 Å². The Bertz CT molecular complexity index is 545. The Morgan fingerprint density at radius 2 is 2.29 bits per heavy atom. The number of benzene rings is 1. The standard InChI is InChI=1S/C14H16N2O/c1-9-4-2-5-10-6-3-7-11(13(9)10)14-12(15)8-17-16-14/h2,4-5,8,11H,3,6-7,15H2,1H3. The lowest BCUT2D eigenvalue weighted by Crippen LogP contribution is -2.14. The Morgan fingerprint density at radius 1 is 1.41 bits per heavy atom. The molecule has 2 aromatic rings. The topological polar surface area (TPSA) is 52.0 Å². The number of nitrogen functional groups attached to an aromatic ring is 1. The highest BCUT2D eigenvalue weighted by Gasteiger charge is 2.27. The molecule has 88 valence electrons. The smallest absolute Gasteiger partial charge is 0.147 e. The van der Waals surface area contributed by atoms with Crippen LogP contribution in [-0.2, 0) is 6.42 Å². The molecule has 2 N–H and O–H groups in total. The van der Waals surface area contributed by atoms with Crippen molar-refractivity contribution >= 4 is 5.69 Å². The number of aryl methyl sites for hydroxylation is 2. The van der Waals surface area contributed by atoms with E-state index in [1.54, 1.807) is 0 Å². The van der Waals surface area contributed by atoms with Crippen molar-refractivity contribution in [2.24, 2.45) is 0 Å². The lowest BCUT2D eigenvalue weighted by Gasteiger charge is -2.26. The molecule has 0 fully saturated rings. The first kappa shape index (κ1) is 10.4. The fourth-order valence-corrected chi connectivity index (χ4v) is 2.89. The molecule has 1 aromatic heterocycles. The van der Waals surface area contributed by atoms with Gasteiger partial charge in [0.25, 0.3) is 0 Å². The number of fused-ring (bicyclic) bond motifs is 1. The number of anilines is 1. The van der Waals surface area contributed by atoms with Gasteiger partial charge in [-0.05, 0) is 42.9 Å². The third-order valence-corrected chi connectivity index (χ3v) is 3.66. The average Bonchev–Trinajstić information content (AvgIpc) is 2.75. The van der Waals surface area contributed by atoms with Crippen LogP contribution in [0.15, 0.2) is 29.0 Å². The second-order valence-corrected chi connectivity index (χ2v) is 4.75. The third-order valence-electron chi connectivity index (χ3n) is 3.66. The number of nitrogens with zero attached hydrogens (tertiary/aromatic N) is 1. The van der Waals surface area contributed by atoms with Gasteiger partial charge >= 0.3 is 0 Å². The van der Waals surface area contributed by atoms with Gasteiger partial charge in [-0.3, -0.25) is 0 Å². The molecule has 1 aliphatic rings. The molecular formula is C14H16N2O. The molecule has 1 unspecified atom stereocenters. The van der Waals surface area contributed by atoms with Gasteiger partial charge in [0.1, 0.15) is 12.0 Å². The van der Waals surface area contributed by atoms with Crippen molar-refractivity contribution in [1.29, 1.82) is 0 Å². The average molecular weight is 228 g/mol. The van der Waals surface area contributed by atoms with Crippen molar-refractivity contribution in [1.82, 2.24) is 5.16 Å². The second kappa shape index (κ2) is 3.91. The number of aromatic nitrogens is 1. The zero-order chi connectivity index (χ0) is 11.8. The van der Waals surface area contributed by atoms with E-state index < -0.39 is 0 Å². The molecule has 0 spiro atoms. The Hall–Kier alpha value is -1.77. The van der Waals surface area contributed by atoms with Gasteiger partial charge in [-0.2, -0.15) is 0 Å². The quantitative estimate of drug-likeness (QED) is 0.816. The van der Waals surface area contributed by atoms with E-state index in [-0.39, 0.29) is 0 Å². The number of nitrogens with two attached hydrogens (primary N) is 1. The van der Waals surface area contributed by atoms with Crippen molar-refractivity contribution < 1.29 is 4.52 Å². The van der Waals surface area contributed by atoms with E-state index in [0.717, 1.165) is 18.5 Å². The molecular weight excluding hydrogens is 212 g/mol. The SMILES string of the molecule is Cc1cccc2c1C(c1nocc1N)CCC2. The maximum absolute atomic E-state index is 5.92. The van der Waals surface area contributed by atoms with Gasteiger partial charge in [0.2, 0.25) is 0 Å². The molecule has 0 saturated heterocycles. The van der Waals surface area contributed by atoms with Crippen LogP contribution in [0.25, 0.3) is 0 Å². The van der Waals surface area contributed by atoms with Crippen molar-refractivity contribution in [3.63, 3.8) is 0 Å². The summed E-state index contributed by atoms with van der Waals surface area (Å²) in [5.74, 6) is 0.304. The maximum atomic E-state index is 5.92. The number of rotatable bonds is 1. The predicted molar refractivity (Wildman–Crippen MR) is 66.9 cm³/mol. The third kappa shape index (κ3) is 1.62. The van der Waals surface area contributed by atoms with E-state index in [2.05, 4.69) is 30.3 Å². The Morgan fingerprint density at radius 3 is 3.06 bits per heavy atom. The van der Waals surface area contributed by atoms with Crippen LogP contribution in [0.3, 0.4) is 0 Å². The minimum Gasteiger partial charge on any atom is -0.395 e. The molecule has 0 bridgehead atoms. The molecule has 0 amide bonds. The van der Waals surface area contributed by atoms with E-state index in [1.807, 2.05) is 0 Å². The number of hydrogen-bond donors (Lipinski definition) is 1. The van der Waals surface area contributed by atoms with Crippen LogP contribution in [0.1, 0.15) is 41.1 Å².